The van der Waals surface area contributed by atoms with Crippen molar-refractivity contribution >= 4 is 39.3 Å². The molecule has 0 saturated carbocycles. The van der Waals surface area contributed by atoms with Crippen LogP contribution in [0.3, 0.4) is 0 Å². The molecule has 6 nitrogen and oxygen atoms in total. The predicted octanol–water partition coefficient (Wildman–Crippen LogP) is 4.95. The summed E-state index contributed by atoms with van der Waals surface area (Å²) in [6, 6.07) is 6.09. The van der Waals surface area contributed by atoms with Crippen LogP contribution in [0.2, 0.25) is 0 Å². The smallest absolute Gasteiger partial charge is 0.177 e. The van der Waals surface area contributed by atoms with Gasteiger partial charge in [0.25, 0.3) is 0 Å². The Morgan fingerprint density at radius 2 is 2.10 bits per heavy atom. The Hall–Kier alpha value is -1.64. The summed E-state index contributed by atoms with van der Waals surface area (Å²) in [7, 11) is 0. The second kappa shape index (κ2) is 10.1. The second-order valence-corrected chi connectivity index (χ2v) is 10.3. The Bertz CT molecular complexity index is 922. The third-order valence-corrected chi connectivity index (χ3v) is 7.03. The van der Waals surface area contributed by atoms with E-state index in [1.165, 1.54) is 0 Å². The van der Waals surface area contributed by atoms with E-state index in [0.717, 1.165) is 45.8 Å². The molecule has 162 valence electrons. The summed E-state index contributed by atoms with van der Waals surface area (Å²) in [5.41, 5.74) is 3.15. The predicted molar refractivity (Wildman–Crippen MR) is 127 cm³/mol. The lowest BCUT2D eigenvalue weighted by Gasteiger charge is -2.26. The summed E-state index contributed by atoms with van der Waals surface area (Å²) in [4.78, 5) is 11.7. The van der Waals surface area contributed by atoms with Gasteiger partial charge in [-0.2, -0.15) is 0 Å². The van der Waals surface area contributed by atoms with Gasteiger partial charge in [0.2, 0.25) is 0 Å². The lowest BCUT2D eigenvalue weighted by atomic mass is 10.0. The SMILES string of the molecule is CC[C@@H](C)[S+]([O-])N=Cc1nc(C)c(C(C)C)c(N2CCOc3ccc(Br)cc3C2)n1. The van der Waals surface area contributed by atoms with Gasteiger partial charge in [-0.3, -0.25) is 0 Å². The molecule has 0 bridgehead atoms. The monoisotopic (exact) mass is 492 g/mol. The number of nitrogens with zero attached hydrogens (tertiary/aromatic N) is 4. The van der Waals surface area contributed by atoms with Gasteiger partial charge in [-0.15, -0.1) is 0 Å². The normalized spacial score (nSPS) is 16.3. The summed E-state index contributed by atoms with van der Waals surface area (Å²) in [6.45, 7) is 12.2. The first kappa shape index (κ1) is 23.0. The van der Waals surface area contributed by atoms with Crippen LogP contribution in [0.4, 0.5) is 5.82 Å². The van der Waals surface area contributed by atoms with Crippen molar-refractivity contribution in [1.82, 2.24) is 9.97 Å². The van der Waals surface area contributed by atoms with Crippen LogP contribution in [-0.2, 0) is 17.9 Å². The van der Waals surface area contributed by atoms with Gasteiger partial charge in [0.1, 0.15) is 29.6 Å². The van der Waals surface area contributed by atoms with E-state index in [0.29, 0.717) is 19.0 Å². The summed E-state index contributed by atoms with van der Waals surface area (Å²) < 4.78 is 23.4. The maximum absolute atomic E-state index is 12.2. The van der Waals surface area contributed by atoms with Crippen LogP contribution in [0, 0.1) is 6.92 Å². The van der Waals surface area contributed by atoms with Crippen molar-refractivity contribution in [2.75, 3.05) is 18.1 Å². The number of aryl methyl sites for hydroxylation is 1. The standard InChI is InChI=1S/C22H29BrN4O2S/c1-6-15(4)30(28)24-12-20-25-16(5)21(14(2)3)22(26-20)27-9-10-29-19-8-7-18(23)11-17(19)13-27/h7-8,11-12,14-15H,6,9-10,13H2,1-5H3/t15-,30?/m1/s1. The molecule has 0 radical (unpaired) electrons. The van der Waals surface area contributed by atoms with E-state index in [9.17, 15) is 4.55 Å². The van der Waals surface area contributed by atoms with Crippen LogP contribution in [-0.4, -0.2) is 39.1 Å². The largest absolute Gasteiger partial charge is 0.591 e. The molecule has 0 amide bonds. The molecular formula is C22H29BrN4O2S. The number of halogens is 1. The van der Waals surface area contributed by atoms with Crippen molar-refractivity contribution < 1.29 is 9.29 Å². The summed E-state index contributed by atoms with van der Waals surface area (Å²) in [5, 5.41) is 0.00876. The highest BCUT2D eigenvalue weighted by Crippen LogP contribution is 2.33. The average molecular weight is 493 g/mol. The van der Waals surface area contributed by atoms with Crippen molar-refractivity contribution in [3.8, 4) is 5.75 Å². The molecule has 1 aliphatic rings. The topological polar surface area (TPSA) is 73.7 Å². The van der Waals surface area contributed by atoms with Crippen LogP contribution in [0.1, 0.15) is 62.7 Å². The highest BCUT2D eigenvalue weighted by molar-refractivity contribution is 9.10. The van der Waals surface area contributed by atoms with Gasteiger partial charge in [-0.05, 0) is 44.4 Å². The quantitative estimate of drug-likeness (QED) is 0.421. The van der Waals surface area contributed by atoms with E-state index in [1.54, 1.807) is 6.21 Å². The minimum atomic E-state index is -1.28. The fraction of sp³-hybridized carbons (Fsp3) is 0.500. The Kier molecular flexibility index (Phi) is 7.76. The molecule has 8 heteroatoms. The molecule has 1 aromatic heterocycles. The molecule has 1 aliphatic heterocycles. The molecule has 3 rings (SSSR count). The number of aromatic nitrogens is 2. The van der Waals surface area contributed by atoms with Crippen LogP contribution in [0.5, 0.6) is 5.75 Å². The Labute approximate surface area is 190 Å². The van der Waals surface area contributed by atoms with E-state index in [4.69, 9.17) is 9.72 Å². The highest BCUT2D eigenvalue weighted by atomic mass is 79.9. The van der Waals surface area contributed by atoms with Crippen molar-refractivity contribution in [3.05, 3.63) is 45.3 Å². The van der Waals surface area contributed by atoms with Crippen molar-refractivity contribution in [1.29, 1.82) is 0 Å². The van der Waals surface area contributed by atoms with E-state index in [1.807, 2.05) is 32.9 Å². The zero-order valence-electron chi connectivity index (χ0n) is 18.2. The van der Waals surface area contributed by atoms with Crippen LogP contribution in [0.25, 0.3) is 0 Å². The molecular weight excluding hydrogens is 464 g/mol. The van der Waals surface area contributed by atoms with Gasteiger partial charge >= 0.3 is 0 Å². The third-order valence-electron chi connectivity index (χ3n) is 5.20. The zero-order valence-corrected chi connectivity index (χ0v) is 20.6. The van der Waals surface area contributed by atoms with Gasteiger partial charge in [0.15, 0.2) is 5.82 Å². The zero-order chi connectivity index (χ0) is 21.8. The first-order chi connectivity index (χ1) is 14.3. The summed E-state index contributed by atoms with van der Waals surface area (Å²) in [6.07, 6.45) is 2.35. The first-order valence-corrected chi connectivity index (χ1v) is 12.3. The lowest BCUT2D eigenvalue weighted by Crippen LogP contribution is -2.28. The van der Waals surface area contributed by atoms with Crippen molar-refractivity contribution in [2.45, 2.75) is 58.8 Å². The summed E-state index contributed by atoms with van der Waals surface area (Å²) in [5.74, 6) is 2.56. The molecule has 0 spiro atoms. The maximum Gasteiger partial charge on any atom is 0.177 e. The first-order valence-electron chi connectivity index (χ1n) is 10.3. The molecule has 0 saturated heterocycles. The maximum atomic E-state index is 12.2. The molecule has 2 heterocycles. The Morgan fingerprint density at radius 1 is 1.33 bits per heavy atom. The fourth-order valence-electron chi connectivity index (χ4n) is 3.45. The lowest BCUT2D eigenvalue weighted by molar-refractivity contribution is 0.331. The van der Waals surface area contributed by atoms with Crippen LogP contribution >= 0.6 is 15.9 Å². The molecule has 1 unspecified atom stereocenters. The minimum Gasteiger partial charge on any atom is -0.591 e. The highest BCUT2D eigenvalue weighted by Gasteiger charge is 2.23. The molecule has 1 aromatic carbocycles. The van der Waals surface area contributed by atoms with Gasteiger partial charge < -0.3 is 14.2 Å². The number of fused-ring (bicyclic) bond motifs is 1. The number of hydrogen-bond donors (Lipinski definition) is 0. The van der Waals surface area contributed by atoms with Gasteiger partial charge in [0, 0.05) is 27.8 Å². The Morgan fingerprint density at radius 3 is 2.80 bits per heavy atom. The fourth-order valence-corrected chi connectivity index (χ4v) is 4.55. The van der Waals surface area contributed by atoms with Gasteiger partial charge in [0.05, 0.1) is 17.9 Å². The molecule has 0 aliphatic carbocycles. The third kappa shape index (κ3) is 5.34. The van der Waals surface area contributed by atoms with E-state index in [2.05, 4.69) is 50.1 Å². The van der Waals surface area contributed by atoms with Gasteiger partial charge in [-0.1, -0.05) is 41.1 Å². The number of rotatable bonds is 6. The van der Waals surface area contributed by atoms with Gasteiger partial charge in [-0.25, -0.2) is 9.97 Å². The molecule has 0 fully saturated rings. The van der Waals surface area contributed by atoms with Crippen LogP contribution < -0.4 is 9.64 Å². The van der Waals surface area contributed by atoms with Crippen molar-refractivity contribution in [3.63, 3.8) is 0 Å². The van der Waals surface area contributed by atoms with E-state index in [-0.39, 0.29) is 11.2 Å². The average Bonchev–Trinajstić information content (AvgIpc) is 2.92. The minimum absolute atomic E-state index is 0.00876. The molecule has 2 atom stereocenters. The molecule has 0 N–H and O–H groups in total. The number of hydrogen-bond acceptors (Lipinski definition) is 6. The molecule has 2 aromatic rings. The number of ether oxygens (including phenoxy) is 1. The second-order valence-electron chi connectivity index (χ2n) is 7.81. The number of anilines is 1. The van der Waals surface area contributed by atoms with Crippen LogP contribution in [0.15, 0.2) is 27.1 Å². The van der Waals surface area contributed by atoms with E-state index < -0.39 is 11.4 Å². The number of benzene rings is 1. The molecule has 30 heavy (non-hydrogen) atoms. The summed E-state index contributed by atoms with van der Waals surface area (Å²) >= 11 is 2.28. The van der Waals surface area contributed by atoms with Crippen molar-refractivity contribution in [2.24, 2.45) is 4.40 Å². The van der Waals surface area contributed by atoms with E-state index >= 15 is 0 Å². The Balaban J connectivity index is 1.99.